The van der Waals surface area contributed by atoms with Gasteiger partial charge in [-0.05, 0) is 40.0 Å². The van der Waals surface area contributed by atoms with Gasteiger partial charge in [0.15, 0.2) is 0 Å². The van der Waals surface area contributed by atoms with Crippen molar-refractivity contribution < 1.29 is 13.2 Å². The van der Waals surface area contributed by atoms with E-state index < -0.39 is 10.0 Å². The third-order valence-electron chi connectivity index (χ3n) is 3.38. The number of alkyl halides is 1. The Balaban J connectivity index is 2.38. The molecule has 1 heterocycles. The number of morpholine rings is 1. The van der Waals surface area contributed by atoms with Crippen molar-refractivity contribution in [3.63, 3.8) is 0 Å². The van der Waals surface area contributed by atoms with Crippen molar-refractivity contribution in [1.29, 1.82) is 0 Å². The normalized spacial score (nSPS) is 21.1. The van der Waals surface area contributed by atoms with Gasteiger partial charge >= 0.3 is 0 Å². The summed E-state index contributed by atoms with van der Waals surface area (Å²) in [4.78, 5) is 0.284. The van der Waals surface area contributed by atoms with Crippen LogP contribution in [0.2, 0.25) is 0 Å². The van der Waals surface area contributed by atoms with E-state index in [1.165, 1.54) is 4.31 Å². The van der Waals surface area contributed by atoms with E-state index in [0.29, 0.717) is 30.1 Å². The van der Waals surface area contributed by atoms with Gasteiger partial charge in [-0.25, -0.2) is 8.42 Å². The number of rotatable bonds is 4. The number of hydrogen-bond donors (Lipinski definition) is 0. The molecule has 1 saturated heterocycles. The van der Waals surface area contributed by atoms with Crippen LogP contribution < -0.4 is 0 Å². The maximum Gasteiger partial charge on any atom is 0.244 e. The summed E-state index contributed by atoms with van der Waals surface area (Å²) in [6.45, 7) is 3.25. The lowest BCUT2D eigenvalue weighted by atomic mass is 10.2. The first-order valence-corrected chi connectivity index (χ1v) is 9.21. The quantitative estimate of drug-likeness (QED) is 0.752. The van der Waals surface area contributed by atoms with Crippen molar-refractivity contribution in [2.24, 2.45) is 0 Å². The third kappa shape index (κ3) is 3.20. The molecular weight excluding hydrogens is 366 g/mol. The van der Waals surface area contributed by atoms with Crippen LogP contribution in [0.25, 0.3) is 0 Å². The zero-order valence-corrected chi connectivity index (χ0v) is 14.3. The lowest BCUT2D eigenvalue weighted by Crippen LogP contribution is -2.48. The molecule has 1 atom stereocenters. The minimum Gasteiger partial charge on any atom is -0.378 e. The number of halogens is 2. The maximum absolute atomic E-state index is 12.8. The van der Waals surface area contributed by atoms with Crippen LogP contribution in [0, 0.1) is 0 Å². The SMILES string of the molecule is CCC1COCCN1S(=O)(=O)c1ccc(CCl)cc1Br. The minimum atomic E-state index is -3.52. The fourth-order valence-electron chi connectivity index (χ4n) is 2.24. The second kappa shape index (κ2) is 6.75. The highest BCUT2D eigenvalue weighted by Gasteiger charge is 2.34. The van der Waals surface area contributed by atoms with E-state index in [-0.39, 0.29) is 10.9 Å². The largest absolute Gasteiger partial charge is 0.378 e. The van der Waals surface area contributed by atoms with Crippen LogP contribution >= 0.6 is 27.5 Å². The molecule has 1 aliphatic rings. The molecule has 112 valence electrons. The molecule has 0 saturated carbocycles. The molecule has 7 heteroatoms. The summed E-state index contributed by atoms with van der Waals surface area (Å²) >= 11 is 9.10. The monoisotopic (exact) mass is 381 g/mol. The minimum absolute atomic E-state index is 0.103. The van der Waals surface area contributed by atoms with Crippen LogP contribution in [-0.2, 0) is 20.6 Å². The molecule has 0 aromatic heterocycles. The average Bonchev–Trinajstić information content (AvgIpc) is 2.46. The summed E-state index contributed by atoms with van der Waals surface area (Å²) in [6, 6.07) is 5.00. The van der Waals surface area contributed by atoms with Gasteiger partial charge in [0.05, 0.1) is 18.1 Å². The summed E-state index contributed by atoms with van der Waals surface area (Å²) in [5, 5.41) is 0. The first-order chi connectivity index (χ1) is 9.50. The molecule has 0 bridgehead atoms. The average molecular weight is 383 g/mol. The Bertz CT molecular complexity index is 579. The molecular formula is C13H17BrClNO3S. The summed E-state index contributed by atoms with van der Waals surface area (Å²) in [5.74, 6) is 0.355. The van der Waals surface area contributed by atoms with Gasteiger partial charge in [-0.15, -0.1) is 11.6 Å². The molecule has 0 N–H and O–H groups in total. The van der Waals surface area contributed by atoms with E-state index in [2.05, 4.69) is 15.9 Å². The molecule has 1 aromatic carbocycles. The smallest absolute Gasteiger partial charge is 0.244 e. The van der Waals surface area contributed by atoms with Crippen molar-refractivity contribution in [3.8, 4) is 0 Å². The van der Waals surface area contributed by atoms with Gasteiger partial charge in [0.2, 0.25) is 10.0 Å². The summed E-state index contributed by atoms with van der Waals surface area (Å²) in [6.07, 6.45) is 0.733. The second-order valence-corrected chi connectivity index (χ2v) is 7.63. The van der Waals surface area contributed by atoms with Gasteiger partial charge in [-0.2, -0.15) is 4.31 Å². The highest BCUT2D eigenvalue weighted by Crippen LogP contribution is 2.29. The van der Waals surface area contributed by atoms with E-state index in [1.807, 2.05) is 6.92 Å². The zero-order valence-electron chi connectivity index (χ0n) is 11.2. The summed E-state index contributed by atoms with van der Waals surface area (Å²) < 4.78 is 33.0. The molecule has 1 aliphatic heterocycles. The van der Waals surface area contributed by atoms with Crippen LogP contribution in [0.15, 0.2) is 27.6 Å². The Kier molecular flexibility index (Phi) is 5.48. The standard InChI is InChI=1S/C13H17BrClNO3S/c1-2-11-9-19-6-5-16(11)20(17,18)13-4-3-10(8-15)7-12(13)14/h3-4,7,11H,2,5-6,8-9H2,1H3. The Hall–Kier alpha value is -0.140. The van der Waals surface area contributed by atoms with E-state index in [9.17, 15) is 8.42 Å². The summed E-state index contributed by atoms with van der Waals surface area (Å²) in [5.41, 5.74) is 0.881. The van der Waals surface area contributed by atoms with Crippen LogP contribution in [0.5, 0.6) is 0 Å². The van der Waals surface area contributed by atoms with E-state index in [1.54, 1.807) is 18.2 Å². The van der Waals surface area contributed by atoms with Crippen molar-refractivity contribution >= 4 is 37.6 Å². The number of ether oxygens (including phenoxy) is 1. The van der Waals surface area contributed by atoms with Gasteiger partial charge in [-0.3, -0.25) is 0 Å². The molecule has 0 spiro atoms. The number of nitrogens with zero attached hydrogens (tertiary/aromatic N) is 1. The Morgan fingerprint density at radius 3 is 2.85 bits per heavy atom. The van der Waals surface area contributed by atoms with Crippen LogP contribution in [0.3, 0.4) is 0 Å². The predicted molar refractivity (Wildman–Crippen MR) is 82.5 cm³/mol. The zero-order chi connectivity index (χ0) is 14.8. The maximum atomic E-state index is 12.8. The van der Waals surface area contributed by atoms with Gasteiger partial charge in [0.1, 0.15) is 0 Å². The van der Waals surface area contributed by atoms with Gasteiger partial charge < -0.3 is 4.74 Å². The lowest BCUT2D eigenvalue weighted by Gasteiger charge is -2.34. The predicted octanol–water partition coefficient (Wildman–Crippen LogP) is 2.99. The molecule has 2 rings (SSSR count). The second-order valence-electron chi connectivity index (χ2n) is 4.65. The molecule has 0 radical (unpaired) electrons. The van der Waals surface area contributed by atoms with E-state index >= 15 is 0 Å². The fourth-order valence-corrected chi connectivity index (χ4v) is 5.16. The number of hydrogen-bond acceptors (Lipinski definition) is 3. The summed E-state index contributed by atoms with van der Waals surface area (Å²) in [7, 11) is -3.52. The molecule has 20 heavy (non-hydrogen) atoms. The van der Waals surface area contributed by atoms with Crippen LogP contribution in [-0.4, -0.2) is 38.5 Å². The van der Waals surface area contributed by atoms with E-state index in [4.69, 9.17) is 16.3 Å². The molecule has 4 nitrogen and oxygen atoms in total. The molecule has 1 fully saturated rings. The Morgan fingerprint density at radius 1 is 1.50 bits per heavy atom. The molecule has 1 aromatic rings. The van der Waals surface area contributed by atoms with Crippen molar-refractivity contribution in [2.45, 2.75) is 30.2 Å². The number of sulfonamides is 1. The number of benzene rings is 1. The van der Waals surface area contributed by atoms with Crippen molar-refractivity contribution in [2.75, 3.05) is 19.8 Å². The van der Waals surface area contributed by atoms with E-state index in [0.717, 1.165) is 12.0 Å². The van der Waals surface area contributed by atoms with Gasteiger partial charge in [0.25, 0.3) is 0 Å². The molecule has 1 unspecified atom stereocenters. The molecule has 0 aliphatic carbocycles. The topological polar surface area (TPSA) is 46.6 Å². The first kappa shape index (κ1) is 16.2. The fraction of sp³-hybridized carbons (Fsp3) is 0.538. The Labute approximate surface area is 133 Å². The van der Waals surface area contributed by atoms with Crippen LogP contribution in [0.4, 0.5) is 0 Å². The highest BCUT2D eigenvalue weighted by atomic mass is 79.9. The highest BCUT2D eigenvalue weighted by molar-refractivity contribution is 9.10. The van der Waals surface area contributed by atoms with Gasteiger partial charge in [-0.1, -0.05) is 13.0 Å². The Morgan fingerprint density at radius 2 is 2.25 bits per heavy atom. The van der Waals surface area contributed by atoms with Crippen molar-refractivity contribution in [3.05, 3.63) is 28.2 Å². The first-order valence-electron chi connectivity index (χ1n) is 6.44. The lowest BCUT2D eigenvalue weighted by molar-refractivity contribution is 0.0314. The molecule has 0 amide bonds. The van der Waals surface area contributed by atoms with Crippen LogP contribution in [0.1, 0.15) is 18.9 Å². The van der Waals surface area contributed by atoms with Gasteiger partial charge in [0, 0.05) is 22.9 Å². The van der Waals surface area contributed by atoms with Crippen molar-refractivity contribution in [1.82, 2.24) is 4.31 Å². The third-order valence-corrected chi connectivity index (χ3v) is 6.62.